The molecule has 0 saturated carbocycles. The van der Waals surface area contributed by atoms with E-state index in [2.05, 4.69) is 142 Å². The van der Waals surface area contributed by atoms with Crippen LogP contribution in [0.3, 0.4) is 0 Å². The topological polar surface area (TPSA) is 9.34 Å². The van der Waals surface area contributed by atoms with Crippen LogP contribution in [0.5, 0.6) is 0 Å². The number of hydrogen-bond acceptors (Lipinski definition) is 0. The first-order chi connectivity index (χ1) is 18.9. The third-order valence-electron chi connectivity index (χ3n) is 8.25. The summed E-state index contributed by atoms with van der Waals surface area (Å²) in [6.07, 6.45) is 0. The summed E-state index contributed by atoms with van der Waals surface area (Å²) in [4.78, 5) is 0. The fourth-order valence-electron chi connectivity index (χ4n) is 6.69. The van der Waals surface area contributed by atoms with Crippen molar-refractivity contribution in [1.82, 2.24) is 8.97 Å². The van der Waals surface area contributed by atoms with Crippen molar-refractivity contribution < 1.29 is 0 Å². The predicted octanol–water partition coefficient (Wildman–Crippen LogP) is 9.60. The molecule has 0 fully saturated rings. The van der Waals surface area contributed by atoms with Gasteiger partial charge in [-0.05, 0) is 47.5 Å². The summed E-state index contributed by atoms with van der Waals surface area (Å²) in [5.74, 6) is 0. The predicted molar refractivity (Wildman–Crippen MR) is 161 cm³/mol. The molecule has 0 N–H and O–H groups in total. The molecule has 3 heterocycles. The standard InChI is InChI=1S/C36H22N2/c1-2-9-23(10-3-1)24-17-19-25(20-18-24)37-31-16-7-5-12-28(31)34-32(37)21-22-33-35(34)29-14-8-13-27-26-11-4-6-15-30(26)38(33)36(27)29/h1-22H. The van der Waals surface area contributed by atoms with Crippen LogP contribution in [0, 0.1) is 0 Å². The highest BCUT2D eigenvalue weighted by Crippen LogP contribution is 2.44. The first kappa shape index (κ1) is 20.0. The summed E-state index contributed by atoms with van der Waals surface area (Å²) in [5, 5.41) is 7.91. The van der Waals surface area contributed by atoms with Crippen LogP contribution in [-0.4, -0.2) is 8.97 Å². The van der Waals surface area contributed by atoms with Gasteiger partial charge in [-0.3, -0.25) is 0 Å². The molecule has 6 aromatic carbocycles. The Bertz CT molecular complexity index is 2320. The molecule has 0 unspecified atom stereocenters. The highest BCUT2D eigenvalue weighted by molar-refractivity contribution is 6.32. The van der Waals surface area contributed by atoms with Crippen molar-refractivity contribution in [3.8, 4) is 16.8 Å². The van der Waals surface area contributed by atoms with E-state index in [1.165, 1.54) is 76.7 Å². The van der Waals surface area contributed by atoms with Gasteiger partial charge in [-0.15, -0.1) is 0 Å². The highest BCUT2D eigenvalue weighted by Gasteiger charge is 2.21. The van der Waals surface area contributed by atoms with E-state index in [-0.39, 0.29) is 0 Å². The van der Waals surface area contributed by atoms with Gasteiger partial charge in [0, 0.05) is 38.0 Å². The van der Waals surface area contributed by atoms with Gasteiger partial charge >= 0.3 is 0 Å². The van der Waals surface area contributed by atoms with Gasteiger partial charge in [-0.1, -0.05) is 97.1 Å². The van der Waals surface area contributed by atoms with Gasteiger partial charge in [0.05, 0.1) is 27.6 Å². The van der Waals surface area contributed by atoms with E-state index in [0.717, 1.165) is 0 Å². The number of nitrogens with zero attached hydrogens (tertiary/aromatic N) is 2. The first-order valence-corrected chi connectivity index (χ1v) is 13.1. The Hall–Kier alpha value is -5.08. The van der Waals surface area contributed by atoms with E-state index in [1.54, 1.807) is 0 Å². The lowest BCUT2D eigenvalue weighted by molar-refractivity contribution is 1.18. The minimum atomic E-state index is 1.18. The first-order valence-electron chi connectivity index (χ1n) is 13.1. The van der Waals surface area contributed by atoms with Gasteiger partial charge < -0.3 is 8.97 Å². The molecule has 2 heteroatoms. The zero-order valence-corrected chi connectivity index (χ0v) is 20.6. The van der Waals surface area contributed by atoms with Gasteiger partial charge in [-0.2, -0.15) is 0 Å². The van der Waals surface area contributed by atoms with Crippen molar-refractivity contribution in [2.75, 3.05) is 0 Å². The molecule has 0 aliphatic rings. The Morgan fingerprint density at radius 2 is 0.947 bits per heavy atom. The minimum Gasteiger partial charge on any atom is -0.309 e. The molecule has 0 saturated heterocycles. The lowest BCUT2D eigenvalue weighted by atomic mass is 10.0. The number of para-hydroxylation sites is 3. The zero-order valence-electron chi connectivity index (χ0n) is 20.6. The SMILES string of the molecule is c1ccc(-c2ccc(-n3c4ccccc4c4c5c6cccc7c8ccccc8n(c5ccc43)c76)cc2)cc1. The highest BCUT2D eigenvalue weighted by atomic mass is 15.0. The summed E-state index contributed by atoms with van der Waals surface area (Å²) >= 11 is 0. The van der Waals surface area contributed by atoms with E-state index in [1.807, 2.05) is 0 Å². The molecule has 3 aromatic heterocycles. The summed E-state index contributed by atoms with van der Waals surface area (Å²) in [6, 6.07) is 48.6. The Labute approximate surface area is 218 Å². The molecule has 0 radical (unpaired) electrons. The molecule has 0 aliphatic heterocycles. The summed E-state index contributed by atoms with van der Waals surface area (Å²) in [5.41, 5.74) is 9.98. The number of hydrogen-bond donors (Lipinski definition) is 0. The summed E-state index contributed by atoms with van der Waals surface area (Å²) in [6.45, 7) is 0. The van der Waals surface area contributed by atoms with Gasteiger partial charge in [0.15, 0.2) is 0 Å². The van der Waals surface area contributed by atoms with Gasteiger partial charge in [-0.25, -0.2) is 0 Å². The number of fused-ring (bicyclic) bond motifs is 10. The molecule has 0 spiro atoms. The Balaban J connectivity index is 1.41. The molecule has 176 valence electrons. The number of rotatable bonds is 2. The van der Waals surface area contributed by atoms with Crippen LogP contribution >= 0.6 is 0 Å². The van der Waals surface area contributed by atoms with Crippen LogP contribution in [0.15, 0.2) is 133 Å². The zero-order chi connectivity index (χ0) is 24.8. The van der Waals surface area contributed by atoms with Crippen molar-refractivity contribution in [3.05, 3.63) is 133 Å². The molecular formula is C36H22N2. The van der Waals surface area contributed by atoms with Gasteiger partial charge in [0.25, 0.3) is 0 Å². The van der Waals surface area contributed by atoms with Crippen LogP contribution in [-0.2, 0) is 0 Å². The normalized spacial score (nSPS) is 12.2. The molecule has 38 heavy (non-hydrogen) atoms. The smallest absolute Gasteiger partial charge is 0.0620 e. The quantitative estimate of drug-likeness (QED) is 0.232. The van der Waals surface area contributed by atoms with E-state index in [4.69, 9.17) is 0 Å². The number of aromatic nitrogens is 2. The summed E-state index contributed by atoms with van der Waals surface area (Å²) < 4.78 is 4.89. The second kappa shape index (κ2) is 7.24. The third-order valence-corrected chi connectivity index (χ3v) is 8.25. The molecule has 0 atom stereocenters. The van der Waals surface area contributed by atoms with Crippen molar-refractivity contribution >= 4 is 59.9 Å². The lowest BCUT2D eigenvalue weighted by Gasteiger charge is -2.09. The maximum absolute atomic E-state index is 2.47. The summed E-state index contributed by atoms with van der Waals surface area (Å²) in [7, 11) is 0. The van der Waals surface area contributed by atoms with Crippen molar-refractivity contribution in [2.24, 2.45) is 0 Å². The van der Waals surface area contributed by atoms with E-state index < -0.39 is 0 Å². The Kier molecular flexibility index (Phi) is 3.82. The maximum Gasteiger partial charge on any atom is 0.0620 e. The van der Waals surface area contributed by atoms with Crippen LogP contribution in [0.25, 0.3) is 76.7 Å². The van der Waals surface area contributed by atoms with Gasteiger partial charge in [0.2, 0.25) is 0 Å². The van der Waals surface area contributed by atoms with E-state index in [9.17, 15) is 0 Å². The van der Waals surface area contributed by atoms with Crippen LogP contribution in [0.4, 0.5) is 0 Å². The molecule has 0 amide bonds. The van der Waals surface area contributed by atoms with Crippen LogP contribution in [0.1, 0.15) is 0 Å². The monoisotopic (exact) mass is 482 g/mol. The Morgan fingerprint density at radius 1 is 0.342 bits per heavy atom. The number of benzene rings is 6. The third kappa shape index (κ3) is 2.47. The van der Waals surface area contributed by atoms with E-state index >= 15 is 0 Å². The second-order valence-electron chi connectivity index (χ2n) is 10.2. The van der Waals surface area contributed by atoms with Gasteiger partial charge in [0.1, 0.15) is 0 Å². The second-order valence-corrected chi connectivity index (χ2v) is 10.2. The lowest BCUT2D eigenvalue weighted by Crippen LogP contribution is -1.93. The van der Waals surface area contributed by atoms with Crippen LogP contribution < -0.4 is 0 Å². The Morgan fingerprint density at radius 3 is 1.79 bits per heavy atom. The molecule has 0 bridgehead atoms. The fourth-order valence-corrected chi connectivity index (χ4v) is 6.69. The minimum absolute atomic E-state index is 1.18. The van der Waals surface area contributed by atoms with Crippen molar-refractivity contribution in [2.45, 2.75) is 0 Å². The van der Waals surface area contributed by atoms with Crippen molar-refractivity contribution in [1.29, 1.82) is 0 Å². The maximum atomic E-state index is 2.47. The van der Waals surface area contributed by atoms with E-state index in [0.29, 0.717) is 0 Å². The molecular weight excluding hydrogens is 460 g/mol. The average molecular weight is 483 g/mol. The van der Waals surface area contributed by atoms with Crippen molar-refractivity contribution in [3.63, 3.8) is 0 Å². The molecule has 9 rings (SSSR count). The fraction of sp³-hybridized carbons (Fsp3) is 0. The van der Waals surface area contributed by atoms with Crippen LogP contribution in [0.2, 0.25) is 0 Å². The largest absolute Gasteiger partial charge is 0.309 e. The molecule has 2 nitrogen and oxygen atoms in total. The molecule has 9 aromatic rings. The average Bonchev–Trinajstić information content (AvgIpc) is 3.62. The molecule has 0 aliphatic carbocycles.